The molecule has 0 amide bonds. The minimum atomic E-state index is -3.79. The number of sulfonamides is 1. The molecule has 4 rings (SSSR count). The van der Waals surface area contributed by atoms with E-state index in [0.717, 1.165) is 5.56 Å². The molecule has 0 atom stereocenters. The third kappa shape index (κ3) is 3.35. The average Bonchev–Trinajstić information content (AvgIpc) is 3.08. The first-order valence-corrected chi connectivity index (χ1v) is 9.63. The predicted octanol–water partition coefficient (Wildman–Crippen LogP) is 1.11. The van der Waals surface area contributed by atoms with Gasteiger partial charge in [-0.25, -0.2) is 23.5 Å². The Labute approximate surface area is 159 Å². The van der Waals surface area contributed by atoms with Crippen molar-refractivity contribution in [3.8, 4) is 11.3 Å². The maximum absolute atomic E-state index is 12.3. The van der Waals surface area contributed by atoms with Gasteiger partial charge in [0.2, 0.25) is 10.0 Å². The predicted molar refractivity (Wildman–Crippen MR) is 103 cm³/mol. The largest absolute Gasteiger partial charge is 0.339 e. The molecule has 0 bridgehead atoms. The lowest BCUT2D eigenvalue weighted by molar-refractivity contribution is 0.598. The molecule has 11 heteroatoms. The van der Waals surface area contributed by atoms with Crippen molar-refractivity contribution in [2.45, 2.75) is 4.90 Å². The van der Waals surface area contributed by atoms with E-state index in [2.05, 4.69) is 25.4 Å². The van der Waals surface area contributed by atoms with Crippen LogP contribution in [-0.2, 0) is 17.1 Å². The second-order valence-electron chi connectivity index (χ2n) is 6.08. The number of aromatic amines is 1. The molecular formula is C17H15N7O3S. The third-order valence-corrected chi connectivity index (χ3v) is 5.00. The number of anilines is 2. The number of nitrogens with one attached hydrogen (secondary N) is 2. The number of fused-ring (bicyclic) bond motifs is 1. The first kappa shape index (κ1) is 17.8. The zero-order valence-electron chi connectivity index (χ0n) is 14.6. The molecule has 0 aliphatic heterocycles. The normalized spacial score (nSPS) is 11.6. The van der Waals surface area contributed by atoms with Crippen molar-refractivity contribution in [2.24, 2.45) is 12.2 Å². The van der Waals surface area contributed by atoms with E-state index in [1.165, 1.54) is 30.6 Å². The van der Waals surface area contributed by atoms with Crippen LogP contribution < -0.4 is 16.0 Å². The van der Waals surface area contributed by atoms with Gasteiger partial charge in [-0.15, -0.1) is 0 Å². The van der Waals surface area contributed by atoms with E-state index in [9.17, 15) is 13.2 Å². The highest BCUT2D eigenvalue weighted by molar-refractivity contribution is 7.89. The van der Waals surface area contributed by atoms with E-state index in [1.807, 2.05) is 0 Å². The van der Waals surface area contributed by atoms with Crippen LogP contribution in [0.15, 0.2) is 58.7 Å². The first-order chi connectivity index (χ1) is 13.3. The van der Waals surface area contributed by atoms with E-state index in [4.69, 9.17) is 5.14 Å². The van der Waals surface area contributed by atoms with Gasteiger partial charge in [-0.2, -0.15) is 5.10 Å². The highest BCUT2D eigenvalue weighted by Crippen LogP contribution is 2.27. The molecule has 3 aromatic heterocycles. The molecule has 28 heavy (non-hydrogen) atoms. The van der Waals surface area contributed by atoms with E-state index < -0.39 is 10.0 Å². The van der Waals surface area contributed by atoms with Gasteiger partial charge in [0.25, 0.3) is 5.56 Å². The van der Waals surface area contributed by atoms with Crippen LogP contribution in [0.5, 0.6) is 0 Å². The van der Waals surface area contributed by atoms with Crippen LogP contribution >= 0.6 is 0 Å². The van der Waals surface area contributed by atoms with Crippen molar-refractivity contribution in [3.63, 3.8) is 0 Å². The van der Waals surface area contributed by atoms with E-state index in [1.54, 1.807) is 30.2 Å². The first-order valence-electron chi connectivity index (χ1n) is 8.08. The molecule has 0 spiro atoms. The lowest BCUT2D eigenvalue weighted by atomic mass is 10.2. The third-order valence-electron chi connectivity index (χ3n) is 4.07. The minimum absolute atomic E-state index is 0.0144. The van der Waals surface area contributed by atoms with Gasteiger partial charge in [-0.1, -0.05) is 0 Å². The lowest BCUT2D eigenvalue weighted by Crippen LogP contribution is -2.12. The quantitative estimate of drug-likeness (QED) is 0.467. The van der Waals surface area contributed by atoms with E-state index in [0.29, 0.717) is 16.9 Å². The highest BCUT2D eigenvalue weighted by atomic mass is 32.2. The summed E-state index contributed by atoms with van der Waals surface area (Å²) in [5.41, 5.74) is 1.99. The summed E-state index contributed by atoms with van der Waals surface area (Å²) in [6.45, 7) is 0. The Balaban J connectivity index is 1.84. The molecule has 0 unspecified atom stereocenters. The summed E-state index contributed by atoms with van der Waals surface area (Å²) < 4.78 is 24.5. The minimum Gasteiger partial charge on any atom is -0.339 e. The number of benzene rings is 1. The number of rotatable bonds is 4. The Bertz CT molecular complexity index is 1340. The Morgan fingerprint density at radius 2 is 1.96 bits per heavy atom. The molecule has 0 saturated heterocycles. The van der Waals surface area contributed by atoms with Crippen LogP contribution in [-0.4, -0.2) is 33.2 Å². The van der Waals surface area contributed by atoms with Gasteiger partial charge in [-0.05, 0) is 30.3 Å². The van der Waals surface area contributed by atoms with Gasteiger partial charge < -0.3 is 10.3 Å². The monoisotopic (exact) mass is 397 g/mol. The summed E-state index contributed by atoms with van der Waals surface area (Å²) in [5, 5.41) is 12.6. The van der Waals surface area contributed by atoms with Crippen LogP contribution in [0.2, 0.25) is 0 Å². The number of primary sulfonamides is 1. The van der Waals surface area contributed by atoms with Gasteiger partial charge in [0, 0.05) is 24.5 Å². The van der Waals surface area contributed by atoms with Gasteiger partial charge in [0.05, 0.1) is 28.6 Å². The Morgan fingerprint density at radius 1 is 1.21 bits per heavy atom. The fourth-order valence-electron chi connectivity index (χ4n) is 2.75. The highest BCUT2D eigenvalue weighted by Gasteiger charge is 2.14. The molecule has 1 aromatic carbocycles. The lowest BCUT2D eigenvalue weighted by Gasteiger charge is -2.10. The number of pyridine rings is 1. The SMILES string of the molecule is Cn1cc(-c2cc3nc[nH]c(=O)c3c(Nc3ccc(S(N)(=O)=O)cc3)n2)cn1. The van der Waals surface area contributed by atoms with E-state index >= 15 is 0 Å². The number of nitrogens with zero attached hydrogens (tertiary/aromatic N) is 4. The number of hydrogen-bond donors (Lipinski definition) is 3. The molecular weight excluding hydrogens is 382 g/mol. The fourth-order valence-corrected chi connectivity index (χ4v) is 3.26. The average molecular weight is 397 g/mol. The van der Waals surface area contributed by atoms with Crippen molar-refractivity contribution in [3.05, 3.63) is 59.4 Å². The molecule has 0 saturated carbocycles. The smallest absolute Gasteiger partial charge is 0.262 e. The number of aryl methyl sites for hydroxylation is 1. The molecule has 4 aromatic rings. The molecule has 142 valence electrons. The number of H-pyrrole nitrogens is 1. The van der Waals surface area contributed by atoms with Crippen molar-refractivity contribution >= 4 is 32.4 Å². The van der Waals surface area contributed by atoms with Gasteiger partial charge in [0.1, 0.15) is 11.2 Å². The van der Waals surface area contributed by atoms with Crippen LogP contribution in [0.4, 0.5) is 11.5 Å². The number of aromatic nitrogens is 5. The number of nitrogens with two attached hydrogens (primary N) is 1. The molecule has 0 aliphatic rings. The Morgan fingerprint density at radius 3 is 2.61 bits per heavy atom. The molecule has 10 nitrogen and oxygen atoms in total. The molecule has 0 fully saturated rings. The summed E-state index contributed by atoms with van der Waals surface area (Å²) in [6, 6.07) is 7.51. The van der Waals surface area contributed by atoms with Gasteiger partial charge in [0.15, 0.2) is 0 Å². The van der Waals surface area contributed by atoms with Crippen LogP contribution in [0.1, 0.15) is 0 Å². The van der Waals surface area contributed by atoms with Crippen LogP contribution in [0, 0.1) is 0 Å². The summed E-state index contributed by atoms with van der Waals surface area (Å²) in [7, 11) is -2.00. The van der Waals surface area contributed by atoms with Gasteiger partial charge in [-0.3, -0.25) is 9.48 Å². The zero-order chi connectivity index (χ0) is 19.9. The summed E-state index contributed by atoms with van der Waals surface area (Å²) in [6.07, 6.45) is 4.78. The van der Waals surface area contributed by atoms with Crippen LogP contribution in [0.25, 0.3) is 22.2 Å². The second kappa shape index (κ2) is 6.55. The Hall–Kier alpha value is -3.57. The van der Waals surface area contributed by atoms with Gasteiger partial charge >= 0.3 is 0 Å². The van der Waals surface area contributed by atoms with E-state index in [-0.39, 0.29) is 21.7 Å². The summed E-state index contributed by atoms with van der Waals surface area (Å²) in [5.74, 6) is 0.286. The standard InChI is InChI=1S/C17H15N7O3S/c1-24-8-10(7-21-24)13-6-14-15(17(25)20-9-19-14)16(23-13)22-11-2-4-12(5-3-11)28(18,26)27/h2-9H,1H3,(H,22,23)(H2,18,26,27)(H,19,20,25). The topological polar surface area (TPSA) is 149 Å². The molecule has 4 N–H and O–H groups in total. The van der Waals surface area contributed by atoms with Crippen molar-refractivity contribution < 1.29 is 8.42 Å². The maximum Gasteiger partial charge on any atom is 0.262 e. The zero-order valence-corrected chi connectivity index (χ0v) is 15.4. The number of hydrogen-bond acceptors (Lipinski definition) is 7. The fraction of sp³-hybridized carbons (Fsp3) is 0.0588. The molecule has 0 aliphatic carbocycles. The van der Waals surface area contributed by atoms with Crippen molar-refractivity contribution in [2.75, 3.05) is 5.32 Å². The molecule has 3 heterocycles. The maximum atomic E-state index is 12.3. The second-order valence-corrected chi connectivity index (χ2v) is 7.64. The van der Waals surface area contributed by atoms with Crippen molar-refractivity contribution in [1.82, 2.24) is 24.7 Å². The summed E-state index contributed by atoms with van der Waals surface area (Å²) >= 11 is 0. The van der Waals surface area contributed by atoms with Crippen molar-refractivity contribution in [1.29, 1.82) is 0 Å². The summed E-state index contributed by atoms with van der Waals surface area (Å²) in [4.78, 5) is 23.6. The molecule has 0 radical (unpaired) electrons. The Kier molecular flexibility index (Phi) is 4.17. The van der Waals surface area contributed by atoms with Crippen LogP contribution in [0.3, 0.4) is 0 Å².